The summed E-state index contributed by atoms with van der Waals surface area (Å²) in [5.74, 6) is 0.640. The Kier molecular flexibility index (Phi) is 6.29. The van der Waals surface area contributed by atoms with Crippen LogP contribution in [0.15, 0.2) is 72.1 Å². The van der Waals surface area contributed by atoms with Crippen molar-refractivity contribution in [3.8, 4) is 23.1 Å². The molecule has 4 aromatic rings. The number of thioether (sulfide) groups is 1. The lowest BCUT2D eigenvalue weighted by Gasteiger charge is -2.12. The van der Waals surface area contributed by atoms with Crippen LogP contribution in [0.1, 0.15) is 16.7 Å². The van der Waals surface area contributed by atoms with E-state index in [9.17, 15) is 4.79 Å². The Hall–Kier alpha value is -3.96. The van der Waals surface area contributed by atoms with E-state index in [4.69, 9.17) is 5.26 Å². The van der Waals surface area contributed by atoms with E-state index in [1.807, 2.05) is 22.8 Å². The first-order valence-electron chi connectivity index (χ1n) is 9.91. The number of benzene rings is 2. The Morgan fingerprint density at radius 1 is 1.06 bits per heavy atom. The molecule has 0 atom stereocenters. The standard InChI is InChI=1S/C24H20N6OS/c1-16-6-7-21(12-17(16)2)30-23(19-8-10-26-11-9-19)28-29-24(30)32-15-22(31)27-20-5-3-4-18(13-20)14-25/h3-13H,15H2,1-2H3,(H,27,31). The average Bonchev–Trinajstić information content (AvgIpc) is 3.24. The molecular weight excluding hydrogens is 420 g/mol. The number of pyridine rings is 1. The van der Waals surface area contributed by atoms with E-state index >= 15 is 0 Å². The molecule has 0 aliphatic rings. The van der Waals surface area contributed by atoms with E-state index in [0.29, 0.717) is 22.2 Å². The largest absolute Gasteiger partial charge is 0.325 e. The fraction of sp³-hybridized carbons (Fsp3) is 0.125. The molecule has 4 rings (SSSR count). The minimum atomic E-state index is -0.190. The Balaban J connectivity index is 1.61. The van der Waals surface area contributed by atoms with E-state index in [-0.39, 0.29) is 11.7 Å². The number of nitriles is 1. The number of hydrogen-bond acceptors (Lipinski definition) is 6. The van der Waals surface area contributed by atoms with Crippen molar-refractivity contribution in [2.75, 3.05) is 11.1 Å². The summed E-state index contributed by atoms with van der Waals surface area (Å²) in [6.07, 6.45) is 3.43. The molecule has 2 heterocycles. The van der Waals surface area contributed by atoms with E-state index < -0.39 is 0 Å². The van der Waals surface area contributed by atoms with Crippen molar-refractivity contribution >= 4 is 23.4 Å². The molecule has 0 saturated heterocycles. The summed E-state index contributed by atoms with van der Waals surface area (Å²) in [5, 5.41) is 21.2. The summed E-state index contributed by atoms with van der Waals surface area (Å²) < 4.78 is 1.95. The maximum atomic E-state index is 12.5. The number of amides is 1. The van der Waals surface area contributed by atoms with Gasteiger partial charge in [0.2, 0.25) is 5.91 Å². The molecule has 0 spiro atoms. The average molecular weight is 441 g/mol. The summed E-state index contributed by atoms with van der Waals surface area (Å²) in [4.78, 5) is 16.6. The highest BCUT2D eigenvalue weighted by atomic mass is 32.2. The molecule has 0 bridgehead atoms. The second kappa shape index (κ2) is 9.45. The highest BCUT2D eigenvalue weighted by Crippen LogP contribution is 2.28. The van der Waals surface area contributed by atoms with Gasteiger partial charge >= 0.3 is 0 Å². The number of carbonyl (C=O) groups is 1. The zero-order valence-corrected chi connectivity index (χ0v) is 18.4. The normalized spacial score (nSPS) is 10.5. The maximum Gasteiger partial charge on any atom is 0.234 e. The van der Waals surface area contributed by atoms with Crippen LogP contribution in [-0.2, 0) is 4.79 Å². The van der Waals surface area contributed by atoms with Gasteiger partial charge in [-0.05, 0) is 67.4 Å². The monoisotopic (exact) mass is 440 g/mol. The van der Waals surface area contributed by atoms with Gasteiger partial charge in [-0.3, -0.25) is 14.3 Å². The molecule has 1 amide bonds. The molecule has 158 valence electrons. The van der Waals surface area contributed by atoms with Crippen molar-refractivity contribution in [1.82, 2.24) is 19.7 Å². The molecule has 2 aromatic carbocycles. The van der Waals surface area contributed by atoms with Crippen LogP contribution in [0, 0.1) is 25.2 Å². The fourth-order valence-electron chi connectivity index (χ4n) is 3.14. The highest BCUT2D eigenvalue weighted by molar-refractivity contribution is 7.99. The summed E-state index contributed by atoms with van der Waals surface area (Å²) in [6, 6.07) is 18.8. The van der Waals surface area contributed by atoms with Crippen molar-refractivity contribution in [3.63, 3.8) is 0 Å². The number of rotatable bonds is 6. The van der Waals surface area contributed by atoms with Crippen LogP contribution in [0.4, 0.5) is 5.69 Å². The zero-order valence-electron chi connectivity index (χ0n) is 17.6. The third kappa shape index (κ3) is 4.68. The van der Waals surface area contributed by atoms with Crippen LogP contribution in [0.25, 0.3) is 17.1 Å². The molecule has 1 N–H and O–H groups in total. The van der Waals surface area contributed by atoms with E-state index in [1.165, 1.54) is 17.3 Å². The van der Waals surface area contributed by atoms with Crippen LogP contribution in [0.5, 0.6) is 0 Å². The Labute approximate surface area is 190 Å². The molecule has 0 aliphatic carbocycles. The van der Waals surface area contributed by atoms with Gasteiger partial charge in [-0.2, -0.15) is 5.26 Å². The van der Waals surface area contributed by atoms with Gasteiger partial charge in [0.1, 0.15) is 0 Å². The predicted octanol–water partition coefficient (Wildman–Crippen LogP) is 4.55. The number of aryl methyl sites for hydroxylation is 2. The molecule has 0 aliphatic heterocycles. The summed E-state index contributed by atoms with van der Waals surface area (Å²) in [5.41, 5.74) is 5.24. The quantitative estimate of drug-likeness (QED) is 0.442. The van der Waals surface area contributed by atoms with Gasteiger partial charge < -0.3 is 5.32 Å². The number of carbonyl (C=O) groups excluding carboxylic acids is 1. The number of nitrogens with one attached hydrogen (secondary N) is 1. The molecule has 0 radical (unpaired) electrons. The second-order valence-corrected chi connectivity index (χ2v) is 8.12. The smallest absolute Gasteiger partial charge is 0.234 e. The van der Waals surface area contributed by atoms with E-state index in [1.54, 1.807) is 36.7 Å². The Morgan fingerprint density at radius 3 is 2.62 bits per heavy atom. The summed E-state index contributed by atoms with van der Waals surface area (Å²) in [6.45, 7) is 4.13. The Morgan fingerprint density at radius 2 is 1.88 bits per heavy atom. The number of nitrogens with zero attached hydrogens (tertiary/aromatic N) is 5. The lowest BCUT2D eigenvalue weighted by Crippen LogP contribution is -2.14. The molecule has 2 aromatic heterocycles. The minimum absolute atomic E-state index is 0.149. The molecule has 32 heavy (non-hydrogen) atoms. The molecule has 0 unspecified atom stereocenters. The van der Waals surface area contributed by atoms with Gasteiger partial charge in [-0.25, -0.2) is 0 Å². The molecule has 0 saturated carbocycles. The van der Waals surface area contributed by atoms with Gasteiger partial charge in [-0.15, -0.1) is 10.2 Å². The molecular formula is C24H20N6OS. The summed E-state index contributed by atoms with van der Waals surface area (Å²) in [7, 11) is 0. The highest BCUT2D eigenvalue weighted by Gasteiger charge is 2.18. The minimum Gasteiger partial charge on any atom is -0.325 e. The van der Waals surface area contributed by atoms with Crippen molar-refractivity contribution < 1.29 is 4.79 Å². The van der Waals surface area contributed by atoms with Gasteiger partial charge in [0.15, 0.2) is 11.0 Å². The van der Waals surface area contributed by atoms with Crippen molar-refractivity contribution in [1.29, 1.82) is 5.26 Å². The van der Waals surface area contributed by atoms with Gasteiger partial charge in [0.05, 0.1) is 23.1 Å². The fourth-order valence-corrected chi connectivity index (χ4v) is 3.89. The van der Waals surface area contributed by atoms with Crippen LogP contribution < -0.4 is 5.32 Å². The lowest BCUT2D eigenvalue weighted by molar-refractivity contribution is -0.113. The van der Waals surface area contributed by atoms with E-state index in [0.717, 1.165) is 16.8 Å². The van der Waals surface area contributed by atoms with Crippen LogP contribution in [-0.4, -0.2) is 31.4 Å². The number of anilines is 1. The predicted molar refractivity (Wildman–Crippen MR) is 125 cm³/mol. The van der Waals surface area contributed by atoms with Crippen LogP contribution in [0.3, 0.4) is 0 Å². The van der Waals surface area contributed by atoms with Gasteiger partial charge in [0, 0.05) is 23.6 Å². The SMILES string of the molecule is Cc1ccc(-n2c(SCC(=O)Nc3cccc(C#N)c3)nnc2-c2ccncc2)cc1C. The second-order valence-electron chi connectivity index (χ2n) is 7.18. The van der Waals surface area contributed by atoms with Gasteiger partial charge in [-0.1, -0.05) is 23.9 Å². The topological polar surface area (TPSA) is 96.5 Å². The molecule has 0 fully saturated rings. The molecule has 8 heteroatoms. The van der Waals surface area contributed by atoms with Crippen molar-refractivity contribution in [2.45, 2.75) is 19.0 Å². The van der Waals surface area contributed by atoms with Crippen LogP contribution in [0.2, 0.25) is 0 Å². The first-order valence-corrected chi connectivity index (χ1v) is 10.9. The first-order chi connectivity index (χ1) is 15.5. The van der Waals surface area contributed by atoms with Crippen LogP contribution >= 0.6 is 11.8 Å². The zero-order chi connectivity index (χ0) is 22.5. The number of aromatic nitrogens is 4. The third-order valence-electron chi connectivity index (χ3n) is 4.93. The molecule has 7 nitrogen and oxygen atoms in total. The third-order valence-corrected chi connectivity index (χ3v) is 5.86. The maximum absolute atomic E-state index is 12.5. The first kappa shape index (κ1) is 21.3. The summed E-state index contributed by atoms with van der Waals surface area (Å²) >= 11 is 1.30. The lowest BCUT2D eigenvalue weighted by atomic mass is 10.1. The van der Waals surface area contributed by atoms with Gasteiger partial charge in [0.25, 0.3) is 0 Å². The number of hydrogen-bond donors (Lipinski definition) is 1. The van der Waals surface area contributed by atoms with E-state index in [2.05, 4.69) is 52.5 Å². The Bertz CT molecular complexity index is 1310. The van der Waals surface area contributed by atoms with Crippen molar-refractivity contribution in [2.24, 2.45) is 0 Å². The van der Waals surface area contributed by atoms with Crippen molar-refractivity contribution in [3.05, 3.63) is 83.7 Å².